The molecule has 1 N–H and O–H groups in total. The number of carbonyl (C=O) groups excluding carboxylic acids is 1. The highest BCUT2D eigenvalue weighted by atomic mass is 19.4. The first-order valence-electron chi connectivity index (χ1n) is 14.9. The second kappa shape index (κ2) is 15.1. The highest BCUT2D eigenvalue weighted by Gasteiger charge is 2.36. The molecule has 1 amide bonds. The Hall–Kier alpha value is -3.70. The minimum Gasteiger partial charge on any atom is -0.494 e. The normalized spacial score (nSPS) is 17.3. The monoisotopic (exact) mass is 634 g/mol. The van der Waals surface area contributed by atoms with Crippen LogP contribution >= 0.6 is 0 Å². The molecule has 3 aromatic rings. The van der Waals surface area contributed by atoms with Crippen LogP contribution in [0.4, 0.5) is 26.7 Å². The molecule has 244 valence electrons. The number of hydrogen-bond donors (Lipinski definition) is 1. The third-order valence-corrected chi connectivity index (χ3v) is 7.39. The predicted molar refractivity (Wildman–Crippen MR) is 160 cm³/mol. The van der Waals surface area contributed by atoms with Gasteiger partial charge in [0.2, 0.25) is 0 Å². The molecule has 6 nitrogen and oxygen atoms in total. The lowest BCUT2D eigenvalue weighted by atomic mass is 9.85. The molecule has 3 aromatic carbocycles. The standard InChI is InChI=1S/C34H39F5N2O4/c1-33(2,3)45-32(42)41-16-15-27(31(21-41)40-20-23-9-14-30(36)28(19-23)34(37,38)39)24-10-12-26(13-11-24)44-18-6-17-43-22-25-7-4-5-8-29(25)35/h4-5,7-14,19,27,31,40H,6,15-18,20-22H2,1-3H3. The summed E-state index contributed by atoms with van der Waals surface area (Å²) < 4.78 is 84.3. The maximum Gasteiger partial charge on any atom is 0.419 e. The molecule has 0 saturated carbocycles. The molecule has 2 unspecified atom stereocenters. The Labute approximate surface area is 260 Å². The summed E-state index contributed by atoms with van der Waals surface area (Å²) >= 11 is 0. The lowest BCUT2D eigenvalue weighted by Crippen LogP contribution is -2.52. The van der Waals surface area contributed by atoms with E-state index in [-0.39, 0.29) is 43.0 Å². The topological polar surface area (TPSA) is 60.0 Å². The summed E-state index contributed by atoms with van der Waals surface area (Å²) in [4.78, 5) is 14.4. The molecule has 2 atom stereocenters. The summed E-state index contributed by atoms with van der Waals surface area (Å²) in [7, 11) is 0. The molecule has 1 aliphatic heterocycles. The summed E-state index contributed by atoms with van der Waals surface area (Å²) in [5.74, 6) is -1.02. The zero-order chi connectivity index (χ0) is 32.6. The SMILES string of the molecule is CC(C)(C)OC(=O)N1CCC(c2ccc(OCCCOCc3ccccc3F)cc2)C(NCc2ccc(F)c(C(F)(F)F)c2)C1. The highest BCUT2D eigenvalue weighted by molar-refractivity contribution is 5.68. The van der Waals surface area contributed by atoms with Gasteiger partial charge in [-0.2, -0.15) is 13.2 Å². The van der Waals surface area contributed by atoms with E-state index in [0.29, 0.717) is 43.9 Å². The molecule has 1 fully saturated rings. The predicted octanol–water partition coefficient (Wildman–Crippen LogP) is 7.85. The Morgan fingerprint density at radius 1 is 0.956 bits per heavy atom. The average molecular weight is 635 g/mol. The van der Waals surface area contributed by atoms with Crippen molar-refractivity contribution >= 4 is 6.09 Å². The molecule has 4 rings (SSSR count). The van der Waals surface area contributed by atoms with Gasteiger partial charge in [-0.1, -0.05) is 36.4 Å². The van der Waals surface area contributed by atoms with E-state index in [1.54, 1.807) is 43.9 Å². The van der Waals surface area contributed by atoms with Gasteiger partial charge in [0.25, 0.3) is 0 Å². The summed E-state index contributed by atoms with van der Waals surface area (Å²) in [6.45, 7) is 7.12. The van der Waals surface area contributed by atoms with Crippen LogP contribution in [-0.4, -0.2) is 48.9 Å². The number of amides is 1. The Kier molecular flexibility index (Phi) is 11.4. The molecule has 0 aromatic heterocycles. The third kappa shape index (κ3) is 10.2. The van der Waals surface area contributed by atoms with E-state index in [1.807, 2.05) is 24.3 Å². The van der Waals surface area contributed by atoms with Gasteiger partial charge in [-0.15, -0.1) is 0 Å². The molecular weight excluding hydrogens is 595 g/mol. The quantitative estimate of drug-likeness (QED) is 0.172. The number of nitrogens with zero attached hydrogens (tertiary/aromatic N) is 1. The highest BCUT2D eigenvalue weighted by Crippen LogP contribution is 2.33. The van der Waals surface area contributed by atoms with E-state index in [9.17, 15) is 26.7 Å². The number of piperidine rings is 1. The maximum atomic E-state index is 13.8. The fraction of sp³-hybridized carbons (Fsp3) is 0.441. The van der Waals surface area contributed by atoms with Crippen molar-refractivity contribution < 1.29 is 41.0 Å². The number of alkyl halides is 3. The lowest BCUT2D eigenvalue weighted by Gasteiger charge is -2.40. The van der Waals surface area contributed by atoms with Crippen molar-refractivity contribution in [2.24, 2.45) is 0 Å². The molecule has 0 aliphatic carbocycles. The fourth-order valence-electron chi connectivity index (χ4n) is 5.16. The fourth-order valence-corrected chi connectivity index (χ4v) is 5.16. The molecule has 1 aliphatic rings. The first kappa shape index (κ1) is 34.2. The van der Waals surface area contributed by atoms with Crippen LogP contribution in [0.3, 0.4) is 0 Å². The van der Waals surface area contributed by atoms with Gasteiger partial charge in [-0.3, -0.25) is 0 Å². The first-order valence-corrected chi connectivity index (χ1v) is 14.9. The zero-order valence-electron chi connectivity index (χ0n) is 25.6. The minimum atomic E-state index is -4.81. The zero-order valence-corrected chi connectivity index (χ0v) is 25.6. The van der Waals surface area contributed by atoms with Crippen molar-refractivity contribution in [1.82, 2.24) is 10.2 Å². The third-order valence-electron chi connectivity index (χ3n) is 7.39. The average Bonchev–Trinajstić information content (AvgIpc) is 2.98. The summed E-state index contributed by atoms with van der Waals surface area (Å²) in [5.41, 5.74) is -0.238. The van der Waals surface area contributed by atoms with E-state index in [1.165, 1.54) is 12.1 Å². The molecule has 1 saturated heterocycles. The van der Waals surface area contributed by atoms with E-state index >= 15 is 0 Å². The van der Waals surface area contributed by atoms with Crippen molar-refractivity contribution in [3.63, 3.8) is 0 Å². The van der Waals surface area contributed by atoms with E-state index in [0.717, 1.165) is 17.7 Å². The smallest absolute Gasteiger partial charge is 0.419 e. The Morgan fingerprint density at radius 2 is 1.69 bits per heavy atom. The summed E-state index contributed by atoms with van der Waals surface area (Å²) in [6, 6.07) is 16.7. The van der Waals surface area contributed by atoms with Crippen molar-refractivity contribution in [1.29, 1.82) is 0 Å². The molecule has 0 radical (unpaired) electrons. The number of halogens is 5. The van der Waals surface area contributed by atoms with Crippen LogP contribution in [0, 0.1) is 11.6 Å². The largest absolute Gasteiger partial charge is 0.494 e. The van der Waals surface area contributed by atoms with Gasteiger partial charge >= 0.3 is 12.3 Å². The minimum absolute atomic E-state index is 0.0485. The number of carbonyl (C=O) groups is 1. The number of hydrogen-bond acceptors (Lipinski definition) is 5. The first-order chi connectivity index (χ1) is 21.3. The number of likely N-dealkylation sites (tertiary alicyclic amines) is 1. The number of nitrogens with one attached hydrogen (secondary N) is 1. The Morgan fingerprint density at radius 3 is 2.38 bits per heavy atom. The molecular formula is C34H39F5N2O4. The molecule has 0 spiro atoms. The summed E-state index contributed by atoms with van der Waals surface area (Å²) in [6.07, 6.45) is -4.06. The van der Waals surface area contributed by atoms with Crippen molar-refractivity contribution in [3.05, 3.63) is 101 Å². The van der Waals surface area contributed by atoms with Gasteiger partial charge in [-0.05, 0) is 68.7 Å². The molecule has 0 bridgehead atoms. The lowest BCUT2D eigenvalue weighted by molar-refractivity contribution is -0.140. The number of ether oxygens (including phenoxy) is 3. The van der Waals surface area contributed by atoms with Crippen LogP contribution in [-0.2, 0) is 28.8 Å². The van der Waals surface area contributed by atoms with Crippen LogP contribution < -0.4 is 10.1 Å². The maximum absolute atomic E-state index is 13.8. The Balaban J connectivity index is 1.37. The van der Waals surface area contributed by atoms with Crippen molar-refractivity contribution in [2.45, 2.75) is 70.5 Å². The Bertz CT molecular complexity index is 1410. The summed E-state index contributed by atoms with van der Waals surface area (Å²) in [5, 5.41) is 3.31. The van der Waals surface area contributed by atoms with Crippen LogP contribution in [0.15, 0.2) is 66.7 Å². The van der Waals surface area contributed by atoms with Gasteiger partial charge < -0.3 is 24.4 Å². The van der Waals surface area contributed by atoms with Crippen LogP contribution in [0.25, 0.3) is 0 Å². The van der Waals surface area contributed by atoms with Crippen molar-refractivity contribution in [3.8, 4) is 5.75 Å². The van der Waals surface area contributed by atoms with Gasteiger partial charge in [0.05, 0.1) is 25.4 Å². The molecule has 1 heterocycles. The van der Waals surface area contributed by atoms with Crippen molar-refractivity contribution in [2.75, 3.05) is 26.3 Å². The van der Waals surface area contributed by atoms with Gasteiger partial charge in [0.15, 0.2) is 0 Å². The molecule has 11 heteroatoms. The van der Waals surface area contributed by atoms with E-state index in [4.69, 9.17) is 14.2 Å². The number of benzene rings is 3. The second-order valence-electron chi connectivity index (χ2n) is 12.0. The van der Waals surface area contributed by atoms with Crippen LogP contribution in [0.5, 0.6) is 5.75 Å². The second-order valence-corrected chi connectivity index (χ2v) is 12.0. The van der Waals surface area contributed by atoms with Gasteiger partial charge in [-0.25, -0.2) is 13.6 Å². The molecule has 45 heavy (non-hydrogen) atoms. The van der Waals surface area contributed by atoms with Gasteiger partial charge in [0.1, 0.15) is 23.0 Å². The van der Waals surface area contributed by atoms with Gasteiger partial charge in [0, 0.05) is 43.6 Å². The van der Waals surface area contributed by atoms with Crippen LogP contribution in [0.1, 0.15) is 61.8 Å². The van der Waals surface area contributed by atoms with E-state index in [2.05, 4.69) is 5.32 Å². The number of rotatable bonds is 11. The van der Waals surface area contributed by atoms with E-state index < -0.39 is 29.3 Å². The van der Waals surface area contributed by atoms with Crippen LogP contribution in [0.2, 0.25) is 0 Å².